The molecule has 1 amide bonds. The number of hydrogen-bond donors (Lipinski definition) is 1. The van der Waals surface area contributed by atoms with Crippen LogP contribution in [0.15, 0.2) is 43.0 Å². The van der Waals surface area contributed by atoms with Gasteiger partial charge in [0.1, 0.15) is 17.8 Å². The number of rotatable bonds is 4. The number of nitrogens with zero attached hydrogens (tertiary/aromatic N) is 4. The molecule has 0 aliphatic heterocycles. The third-order valence-corrected chi connectivity index (χ3v) is 5.27. The molecular formula is C21H21N5O2. The van der Waals surface area contributed by atoms with Gasteiger partial charge in [-0.25, -0.2) is 9.97 Å². The minimum atomic E-state index is -0.197. The van der Waals surface area contributed by atoms with E-state index < -0.39 is 0 Å². The molecule has 0 radical (unpaired) electrons. The lowest BCUT2D eigenvalue weighted by Crippen LogP contribution is -2.39. The highest BCUT2D eigenvalue weighted by Crippen LogP contribution is 2.24. The van der Waals surface area contributed by atoms with Gasteiger partial charge in [0.2, 0.25) is 0 Å². The van der Waals surface area contributed by atoms with E-state index in [1.807, 2.05) is 6.07 Å². The standard InChI is InChI=1S/C21H21N5O2/c1-28-17-5-3-16(4-6-17)24-21(27)20-18-7-2-14(12-22)10-15(18)11-19(25-20)26-9-8-23-13-26/h2,7-11,13,16-17H,3-6H2,1H3,(H,24,27). The summed E-state index contributed by atoms with van der Waals surface area (Å²) in [6, 6.07) is 9.39. The molecule has 1 aliphatic carbocycles. The number of carbonyl (C=O) groups is 1. The van der Waals surface area contributed by atoms with Gasteiger partial charge in [0.05, 0.1) is 17.7 Å². The summed E-state index contributed by atoms with van der Waals surface area (Å²) in [5.74, 6) is 0.394. The first kappa shape index (κ1) is 18.1. The Labute approximate surface area is 163 Å². The summed E-state index contributed by atoms with van der Waals surface area (Å²) < 4.78 is 7.15. The van der Waals surface area contributed by atoms with Crippen LogP contribution in [0.5, 0.6) is 0 Å². The maximum atomic E-state index is 13.1. The molecule has 0 bridgehead atoms. The number of amides is 1. The highest BCUT2D eigenvalue weighted by atomic mass is 16.5. The molecule has 2 heterocycles. The summed E-state index contributed by atoms with van der Waals surface area (Å²) in [7, 11) is 1.73. The van der Waals surface area contributed by atoms with Gasteiger partial charge in [-0.1, -0.05) is 6.07 Å². The summed E-state index contributed by atoms with van der Waals surface area (Å²) in [5.41, 5.74) is 0.902. The van der Waals surface area contributed by atoms with Gasteiger partial charge in [0.25, 0.3) is 5.91 Å². The number of fused-ring (bicyclic) bond motifs is 1. The number of nitrogens with one attached hydrogen (secondary N) is 1. The predicted octanol–water partition coefficient (Wildman–Crippen LogP) is 2.98. The van der Waals surface area contributed by atoms with Crippen LogP contribution in [0.4, 0.5) is 0 Å². The molecular weight excluding hydrogens is 354 g/mol. The third kappa shape index (κ3) is 3.59. The van der Waals surface area contributed by atoms with Gasteiger partial charge >= 0.3 is 0 Å². The second-order valence-electron chi connectivity index (χ2n) is 7.03. The van der Waals surface area contributed by atoms with E-state index >= 15 is 0 Å². The Morgan fingerprint density at radius 3 is 2.79 bits per heavy atom. The van der Waals surface area contributed by atoms with Crippen LogP contribution in [-0.2, 0) is 4.74 Å². The lowest BCUT2D eigenvalue weighted by Gasteiger charge is -2.28. The predicted molar refractivity (Wildman–Crippen MR) is 104 cm³/mol. The third-order valence-electron chi connectivity index (χ3n) is 5.27. The second-order valence-corrected chi connectivity index (χ2v) is 7.03. The Morgan fingerprint density at radius 2 is 2.11 bits per heavy atom. The molecule has 3 aromatic rings. The normalized spacial score (nSPS) is 19.3. The molecule has 1 N–H and O–H groups in total. The molecule has 28 heavy (non-hydrogen) atoms. The number of hydrogen-bond acceptors (Lipinski definition) is 5. The van der Waals surface area contributed by atoms with E-state index in [0.717, 1.165) is 36.5 Å². The highest BCUT2D eigenvalue weighted by Gasteiger charge is 2.24. The first-order chi connectivity index (χ1) is 13.7. The Morgan fingerprint density at radius 1 is 1.29 bits per heavy atom. The molecule has 1 aliphatic rings. The molecule has 0 saturated heterocycles. The van der Waals surface area contributed by atoms with Crippen molar-refractivity contribution in [2.24, 2.45) is 0 Å². The molecule has 1 saturated carbocycles. The fourth-order valence-corrected chi connectivity index (χ4v) is 3.71. The SMILES string of the molecule is COC1CCC(NC(=O)c2nc(-n3ccnc3)cc3cc(C#N)ccc23)CC1. The summed E-state index contributed by atoms with van der Waals surface area (Å²) in [6.07, 6.45) is 9.01. The van der Waals surface area contributed by atoms with Crippen LogP contribution in [0, 0.1) is 11.3 Å². The fourth-order valence-electron chi connectivity index (χ4n) is 3.71. The number of benzene rings is 1. The molecule has 1 fully saturated rings. The van der Waals surface area contributed by atoms with Crippen molar-refractivity contribution in [2.45, 2.75) is 37.8 Å². The Bertz CT molecular complexity index is 1030. The second kappa shape index (κ2) is 7.79. The zero-order chi connectivity index (χ0) is 19.5. The van der Waals surface area contributed by atoms with Crippen molar-refractivity contribution < 1.29 is 9.53 Å². The van der Waals surface area contributed by atoms with E-state index in [1.54, 1.807) is 48.6 Å². The van der Waals surface area contributed by atoms with E-state index in [1.165, 1.54) is 0 Å². The average molecular weight is 375 g/mol. The molecule has 7 nitrogen and oxygen atoms in total. The van der Waals surface area contributed by atoms with Crippen LogP contribution in [0.2, 0.25) is 0 Å². The molecule has 0 spiro atoms. The van der Waals surface area contributed by atoms with E-state index in [9.17, 15) is 10.1 Å². The van der Waals surface area contributed by atoms with Gasteiger partial charge < -0.3 is 10.1 Å². The van der Waals surface area contributed by atoms with Crippen molar-refractivity contribution in [3.05, 3.63) is 54.2 Å². The van der Waals surface area contributed by atoms with Crippen LogP contribution in [0.25, 0.3) is 16.6 Å². The van der Waals surface area contributed by atoms with Gasteiger partial charge in [0.15, 0.2) is 0 Å². The minimum absolute atomic E-state index is 0.117. The molecule has 142 valence electrons. The number of methoxy groups -OCH3 is 1. The largest absolute Gasteiger partial charge is 0.381 e. The molecule has 0 atom stereocenters. The quantitative estimate of drug-likeness (QED) is 0.757. The van der Waals surface area contributed by atoms with Gasteiger partial charge in [-0.15, -0.1) is 0 Å². The Hall–Kier alpha value is -3.24. The number of aromatic nitrogens is 3. The summed E-state index contributed by atoms with van der Waals surface area (Å²) in [5, 5.41) is 13.9. The first-order valence-electron chi connectivity index (χ1n) is 9.35. The maximum Gasteiger partial charge on any atom is 0.270 e. The lowest BCUT2D eigenvalue weighted by atomic mass is 9.93. The van der Waals surface area contributed by atoms with E-state index in [4.69, 9.17) is 4.74 Å². The van der Waals surface area contributed by atoms with Gasteiger partial charge in [-0.05, 0) is 49.3 Å². The van der Waals surface area contributed by atoms with Crippen LogP contribution >= 0.6 is 0 Å². The van der Waals surface area contributed by atoms with Crippen molar-refractivity contribution >= 4 is 16.7 Å². The number of pyridine rings is 1. The summed E-state index contributed by atoms with van der Waals surface area (Å²) in [4.78, 5) is 21.7. The molecule has 1 aromatic carbocycles. The minimum Gasteiger partial charge on any atom is -0.381 e. The van der Waals surface area contributed by atoms with Crippen LogP contribution < -0.4 is 5.32 Å². The van der Waals surface area contributed by atoms with Crippen LogP contribution in [0.3, 0.4) is 0 Å². The average Bonchev–Trinajstić information content (AvgIpc) is 3.28. The maximum absolute atomic E-state index is 13.1. The van der Waals surface area contributed by atoms with Crippen molar-refractivity contribution in [3.8, 4) is 11.9 Å². The number of imidazole rings is 1. The van der Waals surface area contributed by atoms with Crippen molar-refractivity contribution in [1.82, 2.24) is 19.9 Å². The zero-order valence-electron chi connectivity index (χ0n) is 15.6. The van der Waals surface area contributed by atoms with Gasteiger partial charge in [0, 0.05) is 30.9 Å². The Kier molecular flexibility index (Phi) is 5.04. The van der Waals surface area contributed by atoms with E-state index in [2.05, 4.69) is 21.4 Å². The van der Waals surface area contributed by atoms with E-state index in [0.29, 0.717) is 17.1 Å². The number of nitriles is 1. The molecule has 2 aromatic heterocycles. The lowest BCUT2D eigenvalue weighted by molar-refractivity contribution is 0.0598. The Balaban J connectivity index is 1.68. The van der Waals surface area contributed by atoms with Crippen molar-refractivity contribution in [1.29, 1.82) is 5.26 Å². The molecule has 7 heteroatoms. The van der Waals surface area contributed by atoms with Gasteiger partial charge in [-0.2, -0.15) is 5.26 Å². The van der Waals surface area contributed by atoms with E-state index in [-0.39, 0.29) is 18.1 Å². The summed E-state index contributed by atoms with van der Waals surface area (Å²) >= 11 is 0. The summed E-state index contributed by atoms with van der Waals surface area (Å²) in [6.45, 7) is 0. The smallest absolute Gasteiger partial charge is 0.270 e. The van der Waals surface area contributed by atoms with Gasteiger partial charge in [-0.3, -0.25) is 9.36 Å². The fraction of sp³-hybridized carbons (Fsp3) is 0.333. The molecule has 4 rings (SSSR count). The number of ether oxygens (including phenoxy) is 1. The first-order valence-corrected chi connectivity index (χ1v) is 9.35. The monoisotopic (exact) mass is 375 g/mol. The zero-order valence-corrected chi connectivity index (χ0v) is 15.6. The van der Waals surface area contributed by atoms with Crippen LogP contribution in [-0.4, -0.2) is 39.7 Å². The van der Waals surface area contributed by atoms with Crippen molar-refractivity contribution in [3.63, 3.8) is 0 Å². The van der Waals surface area contributed by atoms with Crippen molar-refractivity contribution in [2.75, 3.05) is 7.11 Å². The topological polar surface area (TPSA) is 92.8 Å². The highest BCUT2D eigenvalue weighted by molar-refractivity contribution is 6.06. The van der Waals surface area contributed by atoms with Crippen LogP contribution in [0.1, 0.15) is 41.7 Å². The number of carbonyl (C=O) groups excluding carboxylic acids is 1. The molecule has 0 unspecified atom stereocenters.